The van der Waals surface area contributed by atoms with Crippen molar-refractivity contribution in [3.05, 3.63) is 29.6 Å². The van der Waals surface area contributed by atoms with Crippen LogP contribution >= 0.6 is 0 Å². The molecule has 0 aliphatic heterocycles. The molecule has 0 saturated carbocycles. The topological polar surface area (TPSA) is 92.8 Å². The summed E-state index contributed by atoms with van der Waals surface area (Å²) in [5, 5.41) is 17.4. The van der Waals surface area contributed by atoms with Crippen LogP contribution in [0.2, 0.25) is 0 Å². The second-order valence-corrected chi connectivity index (χ2v) is 3.17. The molecule has 6 heteroatoms. The van der Waals surface area contributed by atoms with Gasteiger partial charge in [0.05, 0.1) is 12.2 Å². The van der Waals surface area contributed by atoms with Crippen molar-refractivity contribution >= 4 is 11.7 Å². The lowest BCUT2D eigenvalue weighted by Crippen LogP contribution is -2.22. The predicted molar refractivity (Wildman–Crippen MR) is 54.2 cm³/mol. The fourth-order valence-electron chi connectivity index (χ4n) is 0.999. The summed E-state index contributed by atoms with van der Waals surface area (Å²) in [4.78, 5) is 11.3. The summed E-state index contributed by atoms with van der Waals surface area (Å²) < 4.78 is 17.8. The fraction of sp³-hybridized carbons (Fsp3) is 0.300. The lowest BCUT2D eigenvalue weighted by Gasteiger charge is -2.09. The number of benzene rings is 1. The van der Waals surface area contributed by atoms with E-state index in [9.17, 15) is 9.18 Å². The Morgan fingerprint density at radius 2 is 2.25 bits per heavy atom. The molecule has 0 radical (unpaired) electrons. The summed E-state index contributed by atoms with van der Waals surface area (Å²) in [6.45, 7) is -0.920. The zero-order chi connectivity index (χ0) is 12.1. The number of carbonyl (C=O) groups is 1. The van der Waals surface area contributed by atoms with Gasteiger partial charge >= 0.3 is 5.97 Å². The molecular formula is C10H12FNO4. The molecule has 0 aromatic heterocycles. The molecule has 0 fully saturated rings. The molecule has 4 N–H and O–H groups in total. The number of hydrogen-bond donors (Lipinski definition) is 3. The minimum Gasteiger partial charge on any atom is -0.459 e. The lowest BCUT2D eigenvalue weighted by molar-refractivity contribution is 0.00900. The van der Waals surface area contributed by atoms with Gasteiger partial charge < -0.3 is 20.7 Å². The van der Waals surface area contributed by atoms with E-state index in [2.05, 4.69) is 4.74 Å². The van der Waals surface area contributed by atoms with Crippen molar-refractivity contribution in [2.45, 2.75) is 6.10 Å². The van der Waals surface area contributed by atoms with E-state index in [1.165, 1.54) is 12.1 Å². The smallest absolute Gasteiger partial charge is 0.341 e. The second-order valence-electron chi connectivity index (χ2n) is 3.17. The molecule has 1 aromatic carbocycles. The molecule has 0 aliphatic carbocycles. The van der Waals surface area contributed by atoms with Gasteiger partial charge in [0.25, 0.3) is 0 Å². The number of nitrogens with two attached hydrogens (primary N) is 1. The highest BCUT2D eigenvalue weighted by Crippen LogP contribution is 2.12. The van der Waals surface area contributed by atoms with E-state index in [4.69, 9.17) is 15.9 Å². The van der Waals surface area contributed by atoms with Crippen molar-refractivity contribution in [2.75, 3.05) is 18.9 Å². The van der Waals surface area contributed by atoms with Gasteiger partial charge in [-0.2, -0.15) is 0 Å². The Morgan fingerprint density at radius 3 is 2.81 bits per heavy atom. The average molecular weight is 229 g/mol. The number of ether oxygens (including phenoxy) is 1. The highest BCUT2D eigenvalue weighted by molar-refractivity contribution is 5.90. The van der Waals surface area contributed by atoms with Crippen molar-refractivity contribution < 1.29 is 24.1 Å². The monoisotopic (exact) mass is 229 g/mol. The number of hydrogen-bond acceptors (Lipinski definition) is 5. The molecule has 0 bridgehead atoms. The summed E-state index contributed by atoms with van der Waals surface area (Å²) in [5.74, 6) is -1.70. The Morgan fingerprint density at radius 1 is 1.56 bits per heavy atom. The first-order chi connectivity index (χ1) is 7.54. The van der Waals surface area contributed by atoms with E-state index in [0.29, 0.717) is 0 Å². The normalized spacial score (nSPS) is 12.2. The maximum atomic E-state index is 13.2. The van der Waals surface area contributed by atoms with E-state index in [1.54, 1.807) is 0 Å². The van der Waals surface area contributed by atoms with Crippen LogP contribution in [0, 0.1) is 5.82 Å². The number of anilines is 1. The molecule has 1 atom stereocenters. The maximum Gasteiger partial charge on any atom is 0.341 e. The van der Waals surface area contributed by atoms with Gasteiger partial charge in [-0.25, -0.2) is 9.18 Å². The van der Waals surface area contributed by atoms with Crippen molar-refractivity contribution in [3.63, 3.8) is 0 Å². The SMILES string of the molecule is Nc1ccc(C(=O)OCC(O)CO)c(F)c1. The van der Waals surface area contributed by atoms with Gasteiger partial charge in [0.15, 0.2) is 0 Å². The van der Waals surface area contributed by atoms with Crippen molar-refractivity contribution in [3.8, 4) is 0 Å². The molecule has 0 spiro atoms. The quantitative estimate of drug-likeness (QED) is 0.496. The predicted octanol–water partition coefficient (Wildman–Crippen LogP) is -0.0821. The maximum absolute atomic E-state index is 13.2. The highest BCUT2D eigenvalue weighted by Gasteiger charge is 2.14. The Balaban J connectivity index is 2.66. The number of rotatable bonds is 4. The molecule has 16 heavy (non-hydrogen) atoms. The summed E-state index contributed by atoms with van der Waals surface area (Å²) in [5.41, 5.74) is 5.24. The zero-order valence-electron chi connectivity index (χ0n) is 8.39. The molecule has 1 aromatic rings. The van der Waals surface area contributed by atoms with Crippen LogP contribution in [0.25, 0.3) is 0 Å². The minimum absolute atomic E-state index is 0.199. The molecule has 88 valence electrons. The highest BCUT2D eigenvalue weighted by atomic mass is 19.1. The third-order valence-electron chi connectivity index (χ3n) is 1.83. The molecule has 0 heterocycles. The number of nitrogen functional groups attached to an aromatic ring is 1. The van der Waals surface area contributed by atoms with Crippen LogP contribution in [-0.4, -0.2) is 35.5 Å². The van der Waals surface area contributed by atoms with Gasteiger partial charge in [0.1, 0.15) is 18.5 Å². The van der Waals surface area contributed by atoms with Crippen LogP contribution in [-0.2, 0) is 4.74 Å². The van der Waals surface area contributed by atoms with Gasteiger partial charge in [-0.1, -0.05) is 0 Å². The molecular weight excluding hydrogens is 217 g/mol. The Hall–Kier alpha value is -1.66. The molecule has 0 amide bonds. The third kappa shape index (κ3) is 3.18. The van der Waals surface area contributed by atoms with Crippen LogP contribution in [0.5, 0.6) is 0 Å². The van der Waals surface area contributed by atoms with Crippen LogP contribution in [0.4, 0.5) is 10.1 Å². The largest absolute Gasteiger partial charge is 0.459 e. The van der Waals surface area contributed by atoms with Crippen molar-refractivity contribution in [1.82, 2.24) is 0 Å². The van der Waals surface area contributed by atoms with Gasteiger partial charge in [-0.05, 0) is 18.2 Å². The standard InChI is InChI=1S/C10H12FNO4/c11-9-3-6(12)1-2-8(9)10(15)16-5-7(14)4-13/h1-3,7,13-14H,4-5,12H2. The van der Waals surface area contributed by atoms with E-state index < -0.39 is 24.5 Å². The third-order valence-corrected chi connectivity index (χ3v) is 1.83. The van der Waals surface area contributed by atoms with Crippen molar-refractivity contribution in [1.29, 1.82) is 0 Å². The Labute approximate surface area is 91.3 Å². The van der Waals surface area contributed by atoms with E-state index in [1.807, 2.05) is 0 Å². The number of aliphatic hydroxyl groups excluding tert-OH is 2. The molecule has 0 saturated heterocycles. The number of aliphatic hydroxyl groups is 2. The molecule has 5 nitrogen and oxygen atoms in total. The van der Waals surface area contributed by atoms with Gasteiger partial charge in [0, 0.05) is 5.69 Å². The molecule has 1 unspecified atom stereocenters. The average Bonchev–Trinajstić information content (AvgIpc) is 2.25. The second kappa shape index (κ2) is 5.43. The summed E-state index contributed by atoms with van der Waals surface area (Å²) in [6, 6.07) is 3.56. The minimum atomic E-state index is -1.17. The first kappa shape index (κ1) is 12.4. The summed E-state index contributed by atoms with van der Waals surface area (Å²) in [7, 11) is 0. The zero-order valence-corrected chi connectivity index (χ0v) is 8.39. The lowest BCUT2D eigenvalue weighted by atomic mass is 10.2. The number of carbonyl (C=O) groups excluding carboxylic acids is 1. The van der Waals surface area contributed by atoms with Gasteiger partial charge in [-0.3, -0.25) is 0 Å². The van der Waals surface area contributed by atoms with Crippen LogP contribution in [0.15, 0.2) is 18.2 Å². The number of halogens is 1. The molecule has 0 aliphatic rings. The Bertz CT molecular complexity index is 383. The van der Waals surface area contributed by atoms with Crippen LogP contribution in [0.1, 0.15) is 10.4 Å². The summed E-state index contributed by atoms with van der Waals surface area (Å²) >= 11 is 0. The van der Waals surface area contributed by atoms with Crippen molar-refractivity contribution in [2.24, 2.45) is 0 Å². The fourth-order valence-corrected chi connectivity index (χ4v) is 0.999. The van der Waals surface area contributed by atoms with Crippen LogP contribution < -0.4 is 5.73 Å². The van der Waals surface area contributed by atoms with Gasteiger partial charge in [0.2, 0.25) is 0 Å². The number of esters is 1. The van der Waals surface area contributed by atoms with E-state index in [0.717, 1.165) is 6.07 Å². The van der Waals surface area contributed by atoms with E-state index >= 15 is 0 Å². The first-order valence-corrected chi connectivity index (χ1v) is 4.55. The van der Waals surface area contributed by atoms with Crippen LogP contribution in [0.3, 0.4) is 0 Å². The van der Waals surface area contributed by atoms with E-state index in [-0.39, 0.29) is 17.9 Å². The Kier molecular flexibility index (Phi) is 4.21. The van der Waals surface area contributed by atoms with Gasteiger partial charge in [-0.15, -0.1) is 0 Å². The first-order valence-electron chi connectivity index (χ1n) is 4.55. The summed E-state index contributed by atoms with van der Waals surface area (Å²) in [6.07, 6.45) is -1.17. The molecule has 1 rings (SSSR count).